The van der Waals surface area contributed by atoms with Crippen LogP contribution in [-0.4, -0.2) is 47.5 Å². The fourth-order valence-corrected chi connectivity index (χ4v) is 2.19. The average Bonchev–Trinajstić information content (AvgIpc) is 2.62. The van der Waals surface area contributed by atoms with Crippen LogP contribution in [0.1, 0.15) is 32.7 Å². The predicted molar refractivity (Wildman–Crippen MR) is 69.6 cm³/mol. The standard InChI is InChI=1S/C14H15NO5/c1-8-3-4-10-11(5-8)14(19)15(13(10)18)7-9(20-2)6-12(16)17/h3-5,9H,6-7H2,1-2H3,(H,16,17). The summed E-state index contributed by atoms with van der Waals surface area (Å²) in [5, 5.41) is 8.76. The molecule has 1 aromatic rings. The summed E-state index contributed by atoms with van der Waals surface area (Å²) < 4.78 is 5.02. The number of fused-ring (bicyclic) bond motifs is 1. The monoisotopic (exact) mass is 277 g/mol. The van der Waals surface area contributed by atoms with E-state index in [1.165, 1.54) is 7.11 Å². The molecule has 0 saturated carbocycles. The summed E-state index contributed by atoms with van der Waals surface area (Å²) in [5.74, 6) is -1.84. The van der Waals surface area contributed by atoms with Gasteiger partial charge in [-0.2, -0.15) is 0 Å². The van der Waals surface area contributed by atoms with E-state index in [1.807, 2.05) is 6.92 Å². The van der Waals surface area contributed by atoms with Gasteiger partial charge in [-0.3, -0.25) is 19.3 Å². The van der Waals surface area contributed by atoms with Crippen molar-refractivity contribution in [1.82, 2.24) is 4.90 Å². The number of methoxy groups -OCH3 is 1. The number of aliphatic carboxylic acids is 1. The molecule has 0 aliphatic carbocycles. The predicted octanol–water partition coefficient (Wildman–Crippen LogP) is 1.08. The van der Waals surface area contributed by atoms with E-state index in [9.17, 15) is 14.4 Å². The van der Waals surface area contributed by atoms with E-state index in [4.69, 9.17) is 9.84 Å². The summed E-state index contributed by atoms with van der Waals surface area (Å²) in [5.41, 5.74) is 1.60. The van der Waals surface area contributed by atoms with Gasteiger partial charge in [-0.05, 0) is 19.1 Å². The second kappa shape index (κ2) is 5.42. The SMILES string of the molecule is COC(CC(=O)O)CN1C(=O)c2ccc(C)cc2C1=O. The van der Waals surface area contributed by atoms with Gasteiger partial charge in [0.25, 0.3) is 11.8 Å². The molecule has 2 rings (SSSR count). The number of hydrogen-bond acceptors (Lipinski definition) is 4. The molecule has 6 heteroatoms. The van der Waals surface area contributed by atoms with Gasteiger partial charge in [-0.1, -0.05) is 11.6 Å². The smallest absolute Gasteiger partial charge is 0.306 e. The zero-order valence-electron chi connectivity index (χ0n) is 11.3. The van der Waals surface area contributed by atoms with Gasteiger partial charge in [0.2, 0.25) is 0 Å². The van der Waals surface area contributed by atoms with Crippen LogP contribution in [0.5, 0.6) is 0 Å². The molecule has 6 nitrogen and oxygen atoms in total. The van der Waals surface area contributed by atoms with Crippen molar-refractivity contribution in [2.45, 2.75) is 19.4 Å². The summed E-state index contributed by atoms with van der Waals surface area (Å²) >= 11 is 0. The normalized spacial score (nSPS) is 15.4. The van der Waals surface area contributed by atoms with Crippen molar-refractivity contribution in [3.63, 3.8) is 0 Å². The van der Waals surface area contributed by atoms with Gasteiger partial charge in [-0.15, -0.1) is 0 Å². The highest BCUT2D eigenvalue weighted by Gasteiger charge is 2.37. The van der Waals surface area contributed by atoms with E-state index < -0.39 is 23.9 Å². The Kier molecular flexibility index (Phi) is 3.85. The Morgan fingerprint density at radius 3 is 2.55 bits per heavy atom. The first-order valence-corrected chi connectivity index (χ1v) is 6.15. The molecular weight excluding hydrogens is 262 g/mol. The molecule has 0 spiro atoms. The van der Waals surface area contributed by atoms with Gasteiger partial charge >= 0.3 is 5.97 Å². The summed E-state index contributed by atoms with van der Waals surface area (Å²) in [6.07, 6.45) is -0.973. The highest BCUT2D eigenvalue weighted by Crippen LogP contribution is 2.24. The maximum atomic E-state index is 12.2. The van der Waals surface area contributed by atoms with Crippen molar-refractivity contribution >= 4 is 17.8 Å². The minimum absolute atomic E-state index is 0.0613. The second-order valence-corrected chi connectivity index (χ2v) is 4.73. The number of imide groups is 1. The van der Waals surface area contributed by atoms with E-state index in [1.54, 1.807) is 18.2 Å². The first-order chi connectivity index (χ1) is 9.43. The van der Waals surface area contributed by atoms with E-state index in [0.717, 1.165) is 10.5 Å². The molecule has 0 radical (unpaired) electrons. The van der Waals surface area contributed by atoms with Crippen LogP contribution in [0.2, 0.25) is 0 Å². The molecule has 1 heterocycles. The zero-order valence-corrected chi connectivity index (χ0v) is 11.3. The lowest BCUT2D eigenvalue weighted by atomic mass is 10.1. The van der Waals surface area contributed by atoms with Crippen LogP contribution in [0, 0.1) is 6.92 Å². The van der Waals surface area contributed by atoms with Gasteiger partial charge in [0.05, 0.1) is 30.2 Å². The summed E-state index contributed by atoms with van der Waals surface area (Å²) in [4.78, 5) is 36.1. The van der Waals surface area contributed by atoms with Crippen molar-refractivity contribution < 1.29 is 24.2 Å². The number of nitrogens with zero attached hydrogens (tertiary/aromatic N) is 1. The minimum Gasteiger partial charge on any atom is -0.481 e. The number of carboxylic acid groups (broad SMARTS) is 1. The van der Waals surface area contributed by atoms with Gasteiger partial charge < -0.3 is 9.84 Å². The Balaban J connectivity index is 2.21. The van der Waals surface area contributed by atoms with Crippen LogP contribution in [0.25, 0.3) is 0 Å². The molecule has 0 fully saturated rings. The molecule has 1 aliphatic rings. The highest BCUT2D eigenvalue weighted by molar-refractivity contribution is 6.21. The van der Waals surface area contributed by atoms with Crippen LogP contribution < -0.4 is 0 Å². The number of rotatable bonds is 5. The third-order valence-corrected chi connectivity index (χ3v) is 3.25. The van der Waals surface area contributed by atoms with Crippen molar-refractivity contribution in [2.24, 2.45) is 0 Å². The average molecular weight is 277 g/mol. The highest BCUT2D eigenvalue weighted by atomic mass is 16.5. The number of carbonyl (C=O) groups excluding carboxylic acids is 2. The molecule has 1 N–H and O–H groups in total. The molecule has 0 aromatic heterocycles. The van der Waals surface area contributed by atoms with Gasteiger partial charge in [0, 0.05) is 7.11 Å². The van der Waals surface area contributed by atoms with Gasteiger partial charge in [0.1, 0.15) is 0 Å². The van der Waals surface area contributed by atoms with Crippen LogP contribution in [-0.2, 0) is 9.53 Å². The van der Waals surface area contributed by atoms with Crippen molar-refractivity contribution in [2.75, 3.05) is 13.7 Å². The van der Waals surface area contributed by atoms with Gasteiger partial charge in [0.15, 0.2) is 0 Å². The molecule has 1 unspecified atom stereocenters. The number of aryl methyl sites for hydroxylation is 1. The number of ether oxygens (including phenoxy) is 1. The Morgan fingerprint density at radius 1 is 1.30 bits per heavy atom. The zero-order chi connectivity index (χ0) is 14.9. The lowest BCUT2D eigenvalue weighted by Gasteiger charge is -2.20. The maximum absolute atomic E-state index is 12.2. The fourth-order valence-electron chi connectivity index (χ4n) is 2.19. The molecule has 1 aromatic carbocycles. The van der Waals surface area contributed by atoms with E-state index in [-0.39, 0.29) is 13.0 Å². The van der Waals surface area contributed by atoms with Gasteiger partial charge in [-0.25, -0.2) is 0 Å². The maximum Gasteiger partial charge on any atom is 0.306 e. The van der Waals surface area contributed by atoms with Crippen molar-refractivity contribution in [1.29, 1.82) is 0 Å². The van der Waals surface area contributed by atoms with Crippen LogP contribution in [0.3, 0.4) is 0 Å². The molecule has 106 valence electrons. The fraction of sp³-hybridized carbons (Fsp3) is 0.357. The molecule has 20 heavy (non-hydrogen) atoms. The van der Waals surface area contributed by atoms with E-state index >= 15 is 0 Å². The summed E-state index contributed by atoms with van der Waals surface area (Å²) in [7, 11) is 1.36. The van der Waals surface area contributed by atoms with Crippen LogP contribution >= 0.6 is 0 Å². The van der Waals surface area contributed by atoms with E-state index in [0.29, 0.717) is 11.1 Å². The lowest BCUT2D eigenvalue weighted by molar-refractivity contribution is -0.139. The Labute approximate surface area is 115 Å². The first kappa shape index (κ1) is 14.2. The van der Waals surface area contributed by atoms with Crippen molar-refractivity contribution in [3.05, 3.63) is 34.9 Å². The topological polar surface area (TPSA) is 83.9 Å². The molecular formula is C14H15NO5. The summed E-state index contributed by atoms with van der Waals surface area (Å²) in [6, 6.07) is 5.04. The number of amides is 2. The quantitative estimate of drug-likeness (QED) is 0.814. The second-order valence-electron chi connectivity index (χ2n) is 4.73. The summed E-state index contributed by atoms with van der Waals surface area (Å²) in [6.45, 7) is 1.78. The minimum atomic E-state index is -1.04. The number of carbonyl (C=O) groups is 3. The van der Waals surface area contributed by atoms with Crippen molar-refractivity contribution in [3.8, 4) is 0 Å². The lowest BCUT2D eigenvalue weighted by Crippen LogP contribution is -2.38. The first-order valence-electron chi connectivity index (χ1n) is 6.15. The molecule has 1 atom stereocenters. The van der Waals surface area contributed by atoms with E-state index in [2.05, 4.69) is 0 Å². The Hall–Kier alpha value is -2.21. The molecule has 0 saturated heterocycles. The molecule has 2 amide bonds. The van der Waals surface area contributed by atoms with Crippen LogP contribution in [0.4, 0.5) is 0 Å². The number of benzene rings is 1. The third kappa shape index (κ3) is 2.55. The number of hydrogen-bond donors (Lipinski definition) is 1. The largest absolute Gasteiger partial charge is 0.481 e. The Morgan fingerprint density at radius 2 is 1.95 bits per heavy atom. The molecule has 1 aliphatic heterocycles. The Bertz CT molecular complexity index is 581. The molecule has 0 bridgehead atoms. The third-order valence-electron chi connectivity index (χ3n) is 3.25. The number of carboxylic acids is 1. The van der Waals surface area contributed by atoms with Crippen LogP contribution in [0.15, 0.2) is 18.2 Å².